The maximum absolute atomic E-state index is 11.1. The summed E-state index contributed by atoms with van der Waals surface area (Å²) in [6.07, 6.45) is 2.57. The van der Waals surface area contributed by atoms with Crippen molar-refractivity contribution in [2.45, 2.75) is 38.7 Å². The van der Waals surface area contributed by atoms with Crippen LogP contribution in [0.1, 0.15) is 43.6 Å². The Balaban J connectivity index is 0.00000392. The molecule has 0 fully saturated rings. The smallest absolute Gasteiger partial charge is 0.305 e. The van der Waals surface area contributed by atoms with Crippen LogP contribution in [-0.2, 0) is 9.53 Å². The number of nitrogens with one attached hydrogen (secondary N) is 2. The standard InChI is InChI=1S/C20H29N3O3S.HI/c1-3-21-20(22-12-8-4-5-11-19(25)26-2)23-14-16(24)18-13-15-9-6-7-10-17(15)27-18;/h6-7,9-10,13,16,24H,3-5,8,11-12,14H2,1-2H3,(H2,21,22,23);1H. The second kappa shape index (κ2) is 13.7. The number of halogens is 1. The van der Waals surface area contributed by atoms with Crippen molar-refractivity contribution in [1.82, 2.24) is 10.6 Å². The van der Waals surface area contributed by atoms with E-state index in [1.165, 1.54) is 11.8 Å². The van der Waals surface area contributed by atoms with E-state index in [-0.39, 0.29) is 29.9 Å². The highest BCUT2D eigenvalue weighted by molar-refractivity contribution is 14.0. The van der Waals surface area contributed by atoms with Crippen molar-refractivity contribution in [2.24, 2.45) is 4.99 Å². The quantitative estimate of drug-likeness (QED) is 0.146. The molecule has 0 aliphatic heterocycles. The van der Waals surface area contributed by atoms with Gasteiger partial charge in [0, 0.05) is 29.1 Å². The molecule has 0 saturated heterocycles. The zero-order valence-corrected chi connectivity index (χ0v) is 19.6. The first kappa shape index (κ1) is 24.6. The second-order valence-corrected chi connectivity index (χ2v) is 7.35. The summed E-state index contributed by atoms with van der Waals surface area (Å²) in [4.78, 5) is 16.5. The molecule has 0 spiro atoms. The Morgan fingerprint density at radius 3 is 2.75 bits per heavy atom. The molecule has 8 heteroatoms. The van der Waals surface area contributed by atoms with Crippen molar-refractivity contribution in [2.75, 3.05) is 26.7 Å². The number of aliphatic hydroxyl groups excluding tert-OH is 1. The number of ether oxygens (including phenoxy) is 1. The van der Waals surface area contributed by atoms with E-state index in [4.69, 9.17) is 0 Å². The molecule has 0 bridgehead atoms. The highest BCUT2D eigenvalue weighted by Crippen LogP contribution is 2.29. The summed E-state index contributed by atoms with van der Waals surface area (Å²) in [6.45, 7) is 3.85. The molecule has 6 nitrogen and oxygen atoms in total. The SMILES string of the molecule is CCNC(=NCC(O)c1cc2ccccc2s1)NCCCCCC(=O)OC.I. The number of hydrogen-bond acceptors (Lipinski definition) is 5. The van der Waals surface area contributed by atoms with Gasteiger partial charge >= 0.3 is 5.97 Å². The van der Waals surface area contributed by atoms with Crippen molar-refractivity contribution in [3.05, 3.63) is 35.2 Å². The van der Waals surface area contributed by atoms with E-state index in [2.05, 4.69) is 32.5 Å². The molecule has 2 aromatic rings. The van der Waals surface area contributed by atoms with Crippen LogP contribution in [0.15, 0.2) is 35.3 Å². The predicted molar refractivity (Wildman–Crippen MR) is 127 cm³/mol. The van der Waals surface area contributed by atoms with Crippen LogP contribution in [0, 0.1) is 0 Å². The van der Waals surface area contributed by atoms with E-state index in [0.717, 1.165) is 42.6 Å². The van der Waals surface area contributed by atoms with Gasteiger partial charge in [0.2, 0.25) is 0 Å². The van der Waals surface area contributed by atoms with Gasteiger partial charge in [-0.1, -0.05) is 24.6 Å². The van der Waals surface area contributed by atoms with E-state index in [9.17, 15) is 9.90 Å². The van der Waals surface area contributed by atoms with Crippen molar-refractivity contribution < 1.29 is 14.6 Å². The fraction of sp³-hybridized carbons (Fsp3) is 0.500. The number of carbonyl (C=O) groups excluding carboxylic acids is 1. The molecule has 1 atom stereocenters. The Kier molecular flexibility index (Phi) is 12.1. The number of aliphatic hydroxyl groups is 1. The lowest BCUT2D eigenvalue weighted by Crippen LogP contribution is -2.38. The van der Waals surface area contributed by atoms with Crippen LogP contribution in [0.25, 0.3) is 10.1 Å². The molecule has 3 N–H and O–H groups in total. The summed E-state index contributed by atoms with van der Waals surface area (Å²) in [5.41, 5.74) is 0. The summed E-state index contributed by atoms with van der Waals surface area (Å²) in [5, 5.41) is 18.1. The van der Waals surface area contributed by atoms with Gasteiger partial charge in [-0.25, -0.2) is 0 Å². The molecule has 2 rings (SSSR count). The maximum Gasteiger partial charge on any atom is 0.305 e. The van der Waals surface area contributed by atoms with Crippen LogP contribution in [0.5, 0.6) is 0 Å². The minimum Gasteiger partial charge on any atom is -0.469 e. The molecule has 0 aliphatic carbocycles. The third kappa shape index (κ3) is 8.32. The third-order valence-electron chi connectivity index (χ3n) is 4.12. The fourth-order valence-corrected chi connectivity index (χ4v) is 3.70. The number of rotatable bonds is 10. The van der Waals surface area contributed by atoms with Crippen molar-refractivity contribution in [3.63, 3.8) is 0 Å². The average molecular weight is 519 g/mol. The summed E-state index contributed by atoms with van der Waals surface area (Å²) >= 11 is 1.60. The van der Waals surface area contributed by atoms with Gasteiger partial charge in [0.15, 0.2) is 5.96 Å². The van der Waals surface area contributed by atoms with E-state index in [1.807, 2.05) is 25.1 Å². The summed E-state index contributed by atoms with van der Waals surface area (Å²) in [6, 6.07) is 10.2. The van der Waals surface area contributed by atoms with Crippen LogP contribution >= 0.6 is 35.3 Å². The molecule has 156 valence electrons. The summed E-state index contributed by atoms with van der Waals surface area (Å²) in [7, 11) is 1.41. The van der Waals surface area contributed by atoms with Crippen LogP contribution in [-0.4, -0.2) is 43.8 Å². The monoisotopic (exact) mass is 519 g/mol. The van der Waals surface area contributed by atoms with Crippen LogP contribution in [0.3, 0.4) is 0 Å². The zero-order valence-electron chi connectivity index (χ0n) is 16.4. The molecule has 1 aromatic heterocycles. The Bertz CT molecular complexity index is 718. The van der Waals surface area contributed by atoms with Crippen LogP contribution in [0.2, 0.25) is 0 Å². The lowest BCUT2D eigenvalue weighted by molar-refractivity contribution is -0.140. The van der Waals surface area contributed by atoms with Gasteiger partial charge in [-0.3, -0.25) is 9.79 Å². The first-order valence-electron chi connectivity index (χ1n) is 9.39. The molecule has 1 unspecified atom stereocenters. The van der Waals surface area contributed by atoms with Gasteiger partial charge < -0.3 is 20.5 Å². The number of guanidine groups is 1. The third-order valence-corrected chi connectivity index (χ3v) is 5.33. The number of esters is 1. The van der Waals surface area contributed by atoms with Crippen LogP contribution in [0.4, 0.5) is 0 Å². The molecule has 0 aliphatic rings. The highest BCUT2D eigenvalue weighted by Gasteiger charge is 2.11. The van der Waals surface area contributed by atoms with E-state index in [1.54, 1.807) is 11.3 Å². The second-order valence-electron chi connectivity index (χ2n) is 6.24. The molecular weight excluding hydrogens is 489 g/mol. The Hall–Kier alpha value is -1.39. The lowest BCUT2D eigenvalue weighted by Gasteiger charge is -2.12. The van der Waals surface area contributed by atoms with Crippen LogP contribution < -0.4 is 10.6 Å². The number of carbonyl (C=O) groups is 1. The lowest BCUT2D eigenvalue weighted by atomic mass is 10.2. The molecule has 1 heterocycles. The zero-order chi connectivity index (χ0) is 19.5. The summed E-state index contributed by atoms with van der Waals surface area (Å²) < 4.78 is 5.80. The topological polar surface area (TPSA) is 83.0 Å². The Morgan fingerprint density at radius 1 is 1.25 bits per heavy atom. The largest absolute Gasteiger partial charge is 0.469 e. The van der Waals surface area contributed by atoms with Gasteiger partial charge in [-0.05, 0) is 37.3 Å². The maximum atomic E-state index is 11.1. The fourth-order valence-electron chi connectivity index (χ4n) is 2.66. The minimum absolute atomic E-state index is 0. The first-order valence-corrected chi connectivity index (χ1v) is 10.2. The number of aliphatic imine (C=N–C) groups is 1. The molecule has 0 radical (unpaired) electrons. The molecule has 0 saturated carbocycles. The van der Waals surface area contributed by atoms with Crippen molar-refractivity contribution >= 4 is 57.3 Å². The number of unbranched alkanes of at least 4 members (excludes halogenated alkanes) is 2. The average Bonchev–Trinajstić information content (AvgIpc) is 3.12. The van der Waals surface area contributed by atoms with E-state index >= 15 is 0 Å². The Labute approximate surface area is 187 Å². The van der Waals surface area contributed by atoms with Gasteiger partial charge in [0.1, 0.15) is 6.10 Å². The van der Waals surface area contributed by atoms with E-state index in [0.29, 0.717) is 18.9 Å². The van der Waals surface area contributed by atoms with Gasteiger partial charge in [0.25, 0.3) is 0 Å². The first-order chi connectivity index (χ1) is 13.1. The predicted octanol–water partition coefficient (Wildman–Crippen LogP) is 3.84. The number of hydrogen-bond donors (Lipinski definition) is 3. The molecule has 28 heavy (non-hydrogen) atoms. The number of benzene rings is 1. The normalized spacial score (nSPS) is 12.3. The molecule has 0 amide bonds. The van der Waals surface area contributed by atoms with E-state index < -0.39 is 6.10 Å². The van der Waals surface area contributed by atoms with Gasteiger partial charge in [-0.15, -0.1) is 35.3 Å². The number of thiophene rings is 1. The summed E-state index contributed by atoms with van der Waals surface area (Å²) in [5.74, 6) is 0.540. The number of fused-ring (bicyclic) bond motifs is 1. The number of methoxy groups -OCH3 is 1. The van der Waals surface area contributed by atoms with Crippen molar-refractivity contribution in [1.29, 1.82) is 0 Å². The molecule has 1 aromatic carbocycles. The minimum atomic E-state index is -0.613. The highest BCUT2D eigenvalue weighted by atomic mass is 127. The number of nitrogens with zero attached hydrogens (tertiary/aromatic N) is 1. The van der Waals surface area contributed by atoms with Gasteiger partial charge in [-0.2, -0.15) is 0 Å². The van der Waals surface area contributed by atoms with Gasteiger partial charge in [0.05, 0.1) is 13.7 Å². The van der Waals surface area contributed by atoms with Crippen molar-refractivity contribution in [3.8, 4) is 0 Å². The Morgan fingerprint density at radius 2 is 2.04 bits per heavy atom. The molecular formula is C20H30IN3O3S.